The zero-order valence-electron chi connectivity index (χ0n) is 28.1. The van der Waals surface area contributed by atoms with Gasteiger partial charge in [-0.1, -0.05) is 43.3 Å². The van der Waals surface area contributed by atoms with Crippen molar-refractivity contribution in [2.24, 2.45) is 5.92 Å². The second kappa shape index (κ2) is 21.5. The molecule has 2 heterocycles. The fraction of sp³-hybridized carbons (Fsp3) is 0.548. The maximum absolute atomic E-state index is 13.2. The zero-order chi connectivity index (χ0) is 34.1. The molecule has 2 aliphatic heterocycles. The summed E-state index contributed by atoms with van der Waals surface area (Å²) in [6.45, 7) is 4.21. The predicted molar refractivity (Wildman–Crippen MR) is 148 cm³/mol. The fourth-order valence-electron chi connectivity index (χ4n) is 5.33. The number of carbonyl (C=O) groups is 2. The van der Waals surface area contributed by atoms with Gasteiger partial charge in [-0.3, -0.25) is 14.5 Å². The maximum Gasteiger partial charge on any atom is 1.00 e. The molecule has 2 aromatic carbocycles. The van der Waals surface area contributed by atoms with Crippen LogP contribution in [0.4, 0.5) is 30.7 Å². The van der Waals surface area contributed by atoms with Gasteiger partial charge in [-0.2, -0.15) is 26.3 Å². The van der Waals surface area contributed by atoms with E-state index in [4.69, 9.17) is 14.8 Å². The fourth-order valence-corrected chi connectivity index (χ4v) is 5.33. The van der Waals surface area contributed by atoms with Crippen LogP contribution in [-0.4, -0.2) is 73.1 Å². The minimum Gasteiger partial charge on any atom is -1.00 e. The van der Waals surface area contributed by atoms with E-state index < -0.39 is 36.3 Å². The molecule has 2 fully saturated rings. The summed E-state index contributed by atoms with van der Waals surface area (Å²) in [6, 6.07) is 13.5. The molecule has 2 unspecified atom stereocenters. The number of nitrogens with zero attached hydrogens (tertiary/aromatic N) is 1. The van der Waals surface area contributed by atoms with Gasteiger partial charge in [-0.15, -0.1) is 0 Å². The number of ketones is 1. The smallest absolute Gasteiger partial charge is 1.00 e. The second-order valence-electron chi connectivity index (χ2n) is 11.6. The molecule has 2 saturated heterocycles. The Balaban J connectivity index is 0. The Kier molecular flexibility index (Phi) is 22.0. The first-order valence-corrected chi connectivity index (χ1v) is 14.1. The van der Waals surface area contributed by atoms with E-state index in [1.165, 1.54) is 17.0 Å². The number of alkyl halides is 6. The first-order valence-electron chi connectivity index (χ1n) is 14.1. The minimum atomic E-state index is -4.28. The van der Waals surface area contributed by atoms with Crippen molar-refractivity contribution in [3.8, 4) is 0 Å². The number of hydrogen-bond donors (Lipinski definition) is 1. The number of halogens is 7. The Bertz CT molecular complexity index is 1230. The van der Waals surface area contributed by atoms with Crippen molar-refractivity contribution in [2.45, 2.75) is 69.3 Å². The molecule has 0 aliphatic carbocycles. The van der Waals surface area contributed by atoms with Gasteiger partial charge >= 0.3 is 150 Å². The van der Waals surface area contributed by atoms with Crippen LogP contribution in [0.3, 0.4) is 0 Å². The van der Waals surface area contributed by atoms with Gasteiger partial charge in [-0.25, -0.2) is 4.39 Å². The molecule has 0 spiro atoms. The van der Waals surface area contributed by atoms with Crippen LogP contribution in [0.5, 0.6) is 0 Å². The van der Waals surface area contributed by atoms with Crippen LogP contribution in [0.25, 0.3) is 0 Å². The molecule has 0 radical (unpaired) electrons. The van der Waals surface area contributed by atoms with Gasteiger partial charge in [0.2, 0.25) is 0 Å². The number of carbonyl (C=O) groups excluding carboxylic acids is 2. The van der Waals surface area contributed by atoms with E-state index in [1.807, 2.05) is 24.3 Å². The third kappa shape index (κ3) is 16.1. The summed E-state index contributed by atoms with van der Waals surface area (Å²) < 4.78 is 89.8. The monoisotopic (exact) mass is 919 g/mol. The van der Waals surface area contributed by atoms with Gasteiger partial charge < -0.3 is 21.4 Å². The molecule has 1 N–H and O–H groups in total. The van der Waals surface area contributed by atoms with Crippen molar-refractivity contribution >= 4 is 12.3 Å². The maximum atomic E-state index is 13.2. The van der Waals surface area contributed by atoms with Crippen molar-refractivity contribution in [2.75, 3.05) is 32.8 Å². The van der Waals surface area contributed by atoms with E-state index in [0.717, 1.165) is 23.6 Å². The summed E-state index contributed by atoms with van der Waals surface area (Å²) in [5, 5.41) is 19.2. The molecule has 0 bridgehead atoms. The number of aliphatic hydroxyl groups is 1. The van der Waals surface area contributed by atoms with Crippen LogP contribution in [0.15, 0.2) is 48.5 Å². The molecule has 0 amide bonds. The number of hydrogen-bond acceptors (Lipinski definition) is 7. The van der Waals surface area contributed by atoms with E-state index in [-0.39, 0.29) is 195 Å². The summed E-state index contributed by atoms with van der Waals surface area (Å²) in [6.07, 6.45) is -8.29. The van der Waals surface area contributed by atoms with Gasteiger partial charge in [0.15, 0.2) is 5.78 Å². The van der Waals surface area contributed by atoms with E-state index in [0.29, 0.717) is 13.0 Å². The molecular formula is C31H38Cs2F7NO6. The van der Waals surface area contributed by atoms with Crippen LogP contribution in [-0.2, 0) is 31.0 Å². The second-order valence-corrected chi connectivity index (χ2v) is 11.6. The molecule has 0 aromatic heterocycles. The van der Waals surface area contributed by atoms with Crippen LogP contribution in [0, 0.1) is 11.7 Å². The average molecular weight is 919 g/mol. The molecule has 7 nitrogen and oxygen atoms in total. The summed E-state index contributed by atoms with van der Waals surface area (Å²) in [5.41, 5.74) is 0.584. The van der Waals surface area contributed by atoms with Gasteiger partial charge in [0.25, 0.3) is 6.47 Å². The number of likely N-dealkylation sites (tertiary alicyclic amines) is 1. The van der Waals surface area contributed by atoms with E-state index >= 15 is 0 Å². The van der Waals surface area contributed by atoms with E-state index in [1.54, 1.807) is 26.0 Å². The number of Topliss-reactive ketones (excluding diaryl/α,β-unsaturated/α-hetero) is 1. The number of benzene rings is 2. The summed E-state index contributed by atoms with van der Waals surface area (Å²) in [7, 11) is 0. The SMILES string of the molecule is CC(C)(O)C1CN(CC(F)(F)F)CCC1c1ccc(C2(C(=O)Cc3ccc(F)cc3)COC2)cc1.CCC(F)(F)F.O=CO[O-].[Cs+].[Cs+].[H-]. The third-order valence-electron chi connectivity index (χ3n) is 7.85. The predicted octanol–water partition coefficient (Wildman–Crippen LogP) is -0.842. The van der Waals surface area contributed by atoms with E-state index in [2.05, 4.69) is 4.89 Å². The summed E-state index contributed by atoms with van der Waals surface area (Å²) >= 11 is 0. The van der Waals surface area contributed by atoms with Crippen molar-refractivity contribution in [1.82, 2.24) is 4.90 Å². The Morgan fingerprint density at radius 3 is 1.94 bits per heavy atom. The molecule has 2 atom stereocenters. The number of rotatable bonds is 8. The van der Waals surface area contributed by atoms with Crippen LogP contribution >= 0.6 is 0 Å². The Morgan fingerprint density at radius 2 is 1.55 bits per heavy atom. The number of ether oxygens (including phenoxy) is 1. The van der Waals surface area contributed by atoms with Gasteiger partial charge in [-0.05, 0) is 61.6 Å². The molecule has 2 aliphatic rings. The third-order valence-corrected chi connectivity index (χ3v) is 7.85. The molecular weight excluding hydrogens is 881 g/mol. The van der Waals surface area contributed by atoms with Crippen LogP contribution in [0.1, 0.15) is 57.6 Å². The normalized spacial score (nSPS) is 19.1. The molecule has 47 heavy (non-hydrogen) atoms. The Labute approximate surface area is 389 Å². The van der Waals surface area contributed by atoms with Gasteiger partial charge in [0, 0.05) is 25.3 Å². The molecule has 4 rings (SSSR count). The Morgan fingerprint density at radius 1 is 1.04 bits per heavy atom. The van der Waals surface area contributed by atoms with Crippen LogP contribution in [0.2, 0.25) is 0 Å². The minimum absolute atomic E-state index is 0. The van der Waals surface area contributed by atoms with Crippen LogP contribution < -0.4 is 143 Å². The number of piperidine rings is 1. The molecule has 2 aromatic rings. The first kappa shape index (κ1) is 48.0. The van der Waals surface area contributed by atoms with Crippen molar-refractivity contribution in [1.29, 1.82) is 0 Å². The topological polar surface area (TPSA) is 99.1 Å². The van der Waals surface area contributed by atoms with Crippen molar-refractivity contribution < 1.29 is 200 Å². The van der Waals surface area contributed by atoms with Gasteiger partial charge in [0.1, 0.15) is 11.2 Å². The van der Waals surface area contributed by atoms with Gasteiger partial charge in [0.05, 0.1) is 25.4 Å². The quantitative estimate of drug-likeness (QED) is 0.160. The summed E-state index contributed by atoms with van der Waals surface area (Å²) in [4.78, 5) is 25.8. The molecule has 254 valence electrons. The average Bonchev–Trinajstić information content (AvgIpc) is 2.93. The molecule has 16 heteroatoms. The molecule has 0 saturated carbocycles. The first-order chi connectivity index (χ1) is 20.8. The Hall–Kier alpha value is 1.03. The zero-order valence-corrected chi connectivity index (χ0v) is 39.6. The standard InChI is InChI=1S/C27H31F4NO3.C3H5F3.CH2O3.2Cs.H/c1-25(2,34)23-14-32(15-27(29,30)31)12-11-22(23)19-5-7-20(8-6-19)26(16-35-17-26)24(33)13-18-3-9-21(28)10-4-18;1-2-3(4,5)6;2-1-4-3;;;/h3-10,22-23,34H,11-17H2,1-2H3;2H2,1H3;1,3H;;;/q;;;2*+1;-1/p-1. The largest absolute Gasteiger partial charge is 1.00 e. The van der Waals surface area contributed by atoms with Crippen molar-refractivity contribution in [3.63, 3.8) is 0 Å². The van der Waals surface area contributed by atoms with Crippen molar-refractivity contribution in [3.05, 3.63) is 71.0 Å². The van der Waals surface area contributed by atoms with E-state index in [9.17, 15) is 40.6 Å². The summed E-state index contributed by atoms with van der Waals surface area (Å²) in [5.74, 6) is -0.826.